The number of unbranched alkanes of at least 4 members (excludes halogenated alkanes) is 4. The molecule has 13 nitrogen and oxygen atoms in total. The number of esters is 2. The van der Waals surface area contributed by atoms with Crippen molar-refractivity contribution in [2.75, 3.05) is 0 Å². The van der Waals surface area contributed by atoms with E-state index in [4.69, 9.17) is 14.9 Å². The Balaban J connectivity index is 2.74. The summed E-state index contributed by atoms with van der Waals surface area (Å²) in [5.74, 6) is -14.2. The molecule has 1 fully saturated rings. The number of ether oxygens (including phenoxy) is 2. The Bertz CT molecular complexity index is 1030. The molecule has 1 aliphatic rings. The maximum Gasteiger partial charge on any atom is 0.345 e. The number of hydrogen-bond donors (Lipinski definition) is 5. The smallest absolute Gasteiger partial charge is 0.345 e. The zero-order valence-corrected chi connectivity index (χ0v) is 22.8. The number of carbonyl (C=O) groups excluding carboxylic acids is 2. The molecular weight excluding hydrogens is 544 g/mol. The van der Waals surface area contributed by atoms with Gasteiger partial charge in [0.2, 0.25) is 6.10 Å². The Hall–Kier alpha value is -4.00. The Morgan fingerprint density at radius 2 is 1.59 bits per heavy atom. The van der Waals surface area contributed by atoms with Crippen molar-refractivity contribution in [3.8, 4) is 0 Å². The monoisotopic (exact) mass is 582 g/mol. The first kappa shape index (κ1) is 35.0. The first-order valence-corrected chi connectivity index (χ1v) is 13.3. The molecule has 0 saturated carbocycles. The van der Waals surface area contributed by atoms with Crippen LogP contribution in [0.5, 0.6) is 0 Å². The first-order chi connectivity index (χ1) is 19.3. The van der Waals surface area contributed by atoms with E-state index in [1.165, 1.54) is 25.3 Å². The van der Waals surface area contributed by atoms with Gasteiger partial charge in [0.15, 0.2) is 5.60 Å². The van der Waals surface area contributed by atoms with Gasteiger partial charge in [-0.3, -0.25) is 19.2 Å². The molecule has 1 aliphatic heterocycles. The average Bonchev–Trinajstić information content (AvgIpc) is 3.26. The molecule has 1 saturated heterocycles. The summed E-state index contributed by atoms with van der Waals surface area (Å²) < 4.78 is 9.69. The Morgan fingerprint density at radius 1 is 0.951 bits per heavy atom. The third-order valence-electron chi connectivity index (χ3n) is 6.39. The quantitative estimate of drug-likeness (QED) is 0.0792. The molecule has 5 unspecified atom stereocenters. The van der Waals surface area contributed by atoms with Crippen LogP contribution >= 0.6 is 0 Å². The number of cyclic esters (lactones) is 1. The van der Waals surface area contributed by atoms with Crippen LogP contribution in [0.3, 0.4) is 0 Å². The molecule has 1 rings (SSSR count). The van der Waals surface area contributed by atoms with Gasteiger partial charge >= 0.3 is 35.8 Å². The number of hydrogen-bond acceptors (Lipinski definition) is 9. The van der Waals surface area contributed by atoms with Crippen LogP contribution in [0, 0.1) is 11.8 Å². The van der Waals surface area contributed by atoms with Crippen molar-refractivity contribution >= 4 is 35.8 Å². The van der Waals surface area contributed by atoms with E-state index in [-0.39, 0.29) is 6.42 Å². The van der Waals surface area contributed by atoms with Crippen LogP contribution in [0.4, 0.5) is 0 Å². The molecular formula is C28H38O13. The van der Waals surface area contributed by atoms with Gasteiger partial charge in [-0.25, -0.2) is 9.59 Å². The first-order valence-electron chi connectivity index (χ1n) is 13.3. The molecule has 41 heavy (non-hydrogen) atoms. The summed E-state index contributed by atoms with van der Waals surface area (Å²) in [6.07, 6.45) is 12.0. The van der Waals surface area contributed by atoms with Crippen molar-refractivity contribution in [3.05, 3.63) is 36.5 Å². The predicted octanol–water partition coefficient (Wildman–Crippen LogP) is 2.71. The van der Waals surface area contributed by atoms with Gasteiger partial charge in [0.05, 0.1) is 12.8 Å². The zero-order valence-electron chi connectivity index (χ0n) is 22.8. The maximum atomic E-state index is 12.4. The lowest BCUT2D eigenvalue weighted by Gasteiger charge is -2.27. The van der Waals surface area contributed by atoms with Gasteiger partial charge in [-0.15, -0.1) is 0 Å². The molecule has 5 N–H and O–H groups in total. The lowest BCUT2D eigenvalue weighted by molar-refractivity contribution is -0.184. The molecule has 0 aromatic heterocycles. The number of allylic oxidation sites excluding steroid dienone is 5. The van der Waals surface area contributed by atoms with Gasteiger partial charge in [0, 0.05) is 6.42 Å². The minimum atomic E-state index is -3.06. The number of carboxylic acids is 4. The van der Waals surface area contributed by atoms with E-state index in [1.54, 1.807) is 6.08 Å². The summed E-state index contributed by atoms with van der Waals surface area (Å²) in [5.41, 5.74) is -3.06. The molecule has 228 valence electrons. The van der Waals surface area contributed by atoms with Crippen LogP contribution in [0.2, 0.25) is 0 Å². The summed E-state index contributed by atoms with van der Waals surface area (Å²) in [7, 11) is 0. The Kier molecular flexibility index (Phi) is 15.1. The summed E-state index contributed by atoms with van der Waals surface area (Å²) in [4.78, 5) is 70.4. The van der Waals surface area contributed by atoms with Crippen molar-refractivity contribution in [1.29, 1.82) is 0 Å². The van der Waals surface area contributed by atoms with E-state index in [1.807, 2.05) is 12.2 Å². The fourth-order valence-corrected chi connectivity index (χ4v) is 4.14. The number of carbonyl (C=O) groups is 6. The normalized spacial score (nSPS) is 20.1. The fraction of sp³-hybridized carbons (Fsp3) is 0.571. The lowest BCUT2D eigenvalue weighted by atomic mass is 9.82. The van der Waals surface area contributed by atoms with Crippen molar-refractivity contribution < 1.29 is 63.8 Å². The van der Waals surface area contributed by atoms with Gasteiger partial charge < -0.3 is 35.0 Å². The van der Waals surface area contributed by atoms with Gasteiger partial charge in [-0.1, -0.05) is 50.1 Å². The highest BCUT2D eigenvalue weighted by molar-refractivity contribution is 5.92. The lowest BCUT2D eigenvalue weighted by Crippen LogP contribution is -2.50. The van der Waals surface area contributed by atoms with E-state index in [0.717, 1.165) is 12.8 Å². The molecule has 5 atom stereocenters. The highest BCUT2D eigenvalue weighted by atomic mass is 16.6. The number of carboxylic acid groups (broad SMARTS) is 4. The standard InChI is InChI=1S/C28H38O13/c1-2-3-4-5-6-7-8-9-10-11-12-13-14-18-15-20(26(36)40-18)28(39,27(37)38)17-22(31)41-23(25(34)35)19(24(32)33)16-21(29)30/h6-7,9-10,13-14,18-20,23,39H,2-5,8,11-12,15-17H2,1H3,(H,29,30)(H,32,33)(H,34,35)(H,37,38). The van der Waals surface area contributed by atoms with E-state index in [2.05, 4.69) is 23.8 Å². The average molecular weight is 583 g/mol. The summed E-state index contributed by atoms with van der Waals surface area (Å²) in [6, 6.07) is 0. The van der Waals surface area contributed by atoms with Gasteiger partial charge in [0.25, 0.3) is 0 Å². The Morgan fingerprint density at radius 3 is 2.15 bits per heavy atom. The van der Waals surface area contributed by atoms with Crippen LogP contribution in [-0.4, -0.2) is 79.2 Å². The fourth-order valence-electron chi connectivity index (χ4n) is 4.14. The number of rotatable bonds is 20. The van der Waals surface area contributed by atoms with Crippen LogP contribution in [0.15, 0.2) is 36.5 Å². The van der Waals surface area contributed by atoms with Crippen LogP contribution < -0.4 is 0 Å². The highest BCUT2D eigenvalue weighted by Crippen LogP contribution is 2.35. The molecule has 0 spiro atoms. The molecule has 0 aromatic rings. The minimum absolute atomic E-state index is 0.302. The molecule has 0 aromatic carbocycles. The predicted molar refractivity (Wildman–Crippen MR) is 141 cm³/mol. The maximum absolute atomic E-state index is 12.4. The van der Waals surface area contributed by atoms with Crippen molar-refractivity contribution in [2.45, 2.75) is 88.9 Å². The van der Waals surface area contributed by atoms with E-state index in [9.17, 15) is 44.1 Å². The summed E-state index contributed by atoms with van der Waals surface area (Å²) in [6.45, 7) is 2.15. The van der Waals surface area contributed by atoms with Crippen LogP contribution in [-0.2, 0) is 38.2 Å². The summed E-state index contributed by atoms with van der Waals surface area (Å²) in [5, 5.41) is 47.6. The largest absolute Gasteiger partial charge is 0.481 e. The van der Waals surface area contributed by atoms with E-state index >= 15 is 0 Å². The topological polar surface area (TPSA) is 222 Å². The highest BCUT2D eigenvalue weighted by Gasteiger charge is 2.55. The van der Waals surface area contributed by atoms with Crippen molar-refractivity contribution in [3.63, 3.8) is 0 Å². The molecule has 0 bridgehead atoms. The summed E-state index contributed by atoms with van der Waals surface area (Å²) >= 11 is 0. The van der Waals surface area contributed by atoms with Gasteiger partial charge in [-0.2, -0.15) is 0 Å². The second-order valence-electron chi connectivity index (χ2n) is 9.64. The molecule has 0 radical (unpaired) electrons. The Labute approximate surface area is 237 Å². The minimum Gasteiger partial charge on any atom is -0.481 e. The molecule has 1 heterocycles. The second kappa shape index (κ2) is 17.6. The van der Waals surface area contributed by atoms with Crippen molar-refractivity contribution in [2.24, 2.45) is 11.8 Å². The van der Waals surface area contributed by atoms with E-state index < -0.39 is 78.3 Å². The third-order valence-corrected chi connectivity index (χ3v) is 6.39. The van der Waals surface area contributed by atoms with Gasteiger partial charge in [0.1, 0.15) is 17.9 Å². The SMILES string of the molecule is CCCCCC=CCC=CCCC=CC1CC(C(O)(CC(=O)OC(C(=O)O)C(CC(=O)O)C(=O)O)C(=O)O)C(=O)O1. The molecule has 0 aliphatic carbocycles. The van der Waals surface area contributed by atoms with Crippen molar-refractivity contribution in [1.82, 2.24) is 0 Å². The molecule has 13 heteroatoms. The van der Waals surface area contributed by atoms with Gasteiger partial charge in [-0.05, 0) is 38.2 Å². The van der Waals surface area contributed by atoms with E-state index in [0.29, 0.717) is 12.8 Å². The second-order valence-corrected chi connectivity index (χ2v) is 9.64. The third kappa shape index (κ3) is 12.0. The zero-order chi connectivity index (χ0) is 31.0. The van der Waals surface area contributed by atoms with Crippen LogP contribution in [0.25, 0.3) is 0 Å². The number of aliphatic hydroxyl groups is 1. The number of aliphatic carboxylic acids is 4. The molecule has 0 amide bonds. The van der Waals surface area contributed by atoms with Crippen LogP contribution in [0.1, 0.15) is 71.1 Å².